The molecule has 1 unspecified atom stereocenters. The number of ether oxygens (including phenoxy) is 1. The Balaban J connectivity index is 2.16. The number of carbonyl (C=O) groups excluding carboxylic acids is 1. The molecule has 4 nitrogen and oxygen atoms in total. The summed E-state index contributed by atoms with van der Waals surface area (Å²) >= 11 is 0. The maximum atomic E-state index is 11.5. The Morgan fingerprint density at radius 1 is 1.37 bits per heavy atom. The van der Waals surface area contributed by atoms with Crippen LogP contribution in [-0.2, 0) is 11.2 Å². The first kappa shape index (κ1) is 15.5. The topological polar surface area (TPSA) is 64.3 Å². The van der Waals surface area contributed by atoms with Crippen molar-refractivity contribution in [3.8, 4) is 5.75 Å². The predicted molar refractivity (Wildman–Crippen MR) is 77.2 cm³/mol. The highest BCUT2D eigenvalue weighted by atomic mass is 16.5. The maximum Gasteiger partial charge on any atom is 0.220 e. The third-order valence-electron chi connectivity index (χ3n) is 2.95. The minimum atomic E-state index is 0.106. The fraction of sp³-hybridized carbons (Fsp3) is 0.533. The van der Waals surface area contributed by atoms with Crippen LogP contribution in [0, 0.1) is 0 Å². The molecule has 1 aromatic rings. The molecule has 4 heteroatoms. The van der Waals surface area contributed by atoms with Gasteiger partial charge in [-0.05, 0) is 43.9 Å². The summed E-state index contributed by atoms with van der Waals surface area (Å²) in [5.41, 5.74) is 6.84. The third kappa shape index (κ3) is 6.82. The fourth-order valence-corrected chi connectivity index (χ4v) is 1.77. The van der Waals surface area contributed by atoms with Crippen LogP contribution >= 0.6 is 0 Å². The Labute approximate surface area is 115 Å². The second-order valence-corrected chi connectivity index (χ2v) is 4.82. The molecular weight excluding hydrogens is 240 g/mol. The van der Waals surface area contributed by atoms with E-state index in [1.165, 1.54) is 5.56 Å². The highest BCUT2D eigenvalue weighted by molar-refractivity contribution is 5.75. The number of methoxy groups -OCH3 is 1. The van der Waals surface area contributed by atoms with Gasteiger partial charge in [0.25, 0.3) is 0 Å². The van der Waals surface area contributed by atoms with Crippen LogP contribution in [-0.4, -0.2) is 25.6 Å². The van der Waals surface area contributed by atoms with E-state index >= 15 is 0 Å². The lowest BCUT2D eigenvalue weighted by Crippen LogP contribution is -2.28. The summed E-state index contributed by atoms with van der Waals surface area (Å²) in [4.78, 5) is 11.5. The number of nitrogens with one attached hydrogen (secondary N) is 1. The van der Waals surface area contributed by atoms with Gasteiger partial charge in [0, 0.05) is 19.0 Å². The molecule has 19 heavy (non-hydrogen) atoms. The Morgan fingerprint density at radius 3 is 2.63 bits per heavy atom. The van der Waals surface area contributed by atoms with Gasteiger partial charge in [-0.25, -0.2) is 0 Å². The van der Waals surface area contributed by atoms with Crippen molar-refractivity contribution >= 4 is 5.91 Å². The number of hydrogen-bond acceptors (Lipinski definition) is 3. The van der Waals surface area contributed by atoms with E-state index in [9.17, 15) is 4.79 Å². The van der Waals surface area contributed by atoms with E-state index in [1.807, 2.05) is 31.2 Å². The molecule has 1 amide bonds. The molecule has 1 aromatic carbocycles. The molecule has 0 spiro atoms. The molecule has 0 radical (unpaired) electrons. The number of amides is 1. The quantitative estimate of drug-likeness (QED) is 0.753. The third-order valence-corrected chi connectivity index (χ3v) is 2.95. The first-order valence-corrected chi connectivity index (χ1v) is 6.77. The van der Waals surface area contributed by atoms with Gasteiger partial charge in [-0.1, -0.05) is 12.1 Å². The normalized spacial score (nSPS) is 11.9. The van der Waals surface area contributed by atoms with Crippen molar-refractivity contribution in [1.29, 1.82) is 0 Å². The fourth-order valence-electron chi connectivity index (χ4n) is 1.77. The van der Waals surface area contributed by atoms with E-state index in [4.69, 9.17) is 10.5 Å². The molecular formula is C15H24N2O2. The number of aryl methyl sites for hydroxylation is 1. The summed E-state index contributed by atoms with van der Waals surface area (Å²) in [5.74, 6) is 0.964. The molecule has 1 atom stereocenters. The summed E-state index contributed by atoms with van der Waals surface area (Å²) in [6.45, 7) is 2.61. The van der Waals surface area contributed by atoms with Crippen molar-refractivity contribution in [2.75, 3.05) is 13.7 Å². The monoisotopic (exact) mass is 264 g/mol. The zero-order valence-corrected chi connectivity index (χ0v) is 11.8. The van der Waals surface area contributed by atoms with E-state index in [0.29, 0.717) is 13.0 Å². The van der Waals surface area contributed by atoms with E-state index in [1.54, 1.807) is 7.11 Å². The summed E-state index contributed by atoms with van der Waals surface area (Å²) in [7, 11) is 1.65. The molecule has 0 aromatic heterocycles. The van der Waals surface area contributed by atoms with Crippen LogP contribution < -0.4 is 15.8 Å². The molecule has 3 N–H and O–H groups in total. The van der Waals surface area contributed by atoms with Crippen molar-refractivity contribution in [3.63, 3.8) is 0 Å². The summed E-state index contributed by atoms with van der Waals surface area (Å²) in [6.07, 6.45) is 3.15. The molecule has 1 rings (SSSR count). The van der Waals surface area contributed by atoms with Gasteiger partial charge in [-0.2, -0.15) is 0 Å². The molecule has 0 bridgehead atoms. The van der Waals surface area contributed by atoms with Gasteiger partial charge < -0.3 is 15.8 Å². The number of nitrogens with two attached hydrogens (primary N) is 1. The lowest BCUT2D eigenvalue weighted by Gasteiger charge is -2.07. The van der Waals surface area contributed by atoms with Crippen LogP contribution in [0.2, 0.25) is 0 Å². The first-order chi connectivity index (χ1) is 9.11. The van der Waals surface area contributed by atoms with Crippen molar-refractivity contribution in [3.05, 3.63) is 29.8 Å². The minimum Gasteiger partial charge on any atom is -0.497 e. The van der Waals surface area contributed by atoms with E-state index < -0.39 is 0 Å². The second kappa shape index (κ2) is 8.53. The van der Waals surface area contributed by atoms with Gasteiger partial charge in [-0.15, -0.1) is 0 Å². The van der Waals surface area contributed by atoms with E-state index in [-0.39, 0.29) is 11.9 Å². The lowest BCUT2D eigenvalue weighted by molar-refractivity contribution is -0.121. The molecule has 106 valence electrons. The van der Waals surface area contributed by atoms with Crippen LogP contribution in [0.3, 0.4) is 0 Å². The van der Waals surface area contributed by atoms with Crippen molar-refractivity contribution in [2.45, 2.75) is 38.6 Å². The summed E-state index contributed by atoms with van der Waals surface area (Å²) in [6, 6.07) is 8.09. The molecule has 0 aliphatic rings. The van der Waals surface area contributed by atoms with E-state index in [2.05, 4.69) is 5.32 Å². The number of rotatable bonds is 8. The van der Waals surface area contributed by atoms with Crippen molar-refractivity contribution < 1.29 is 9.53 Å². The lowest BCUT2D eigenvalue weighted by atomic mass is 10.1. The van der Waals surface area contributed by atoms with Crippen LogP contribution in [0.1, 0.15) is 31.7 Å². The van der Waals surface area contributed by atoms with Crippen LogP contribution in [0.15, 0.2) is 24.3 Å². The molecule has 0 saturated carbocycles. The number of hydrogen-bond donors (Lipinski definition) is 2. The smallest absolute Gasteiger partial charge is 0.220 e. The van der Waals surface area contributed by atoms with Crippen LogP contribution in [0.5, 0.6) is 5.75 Å². The average molecular weight is 264 g/mol. The molecule has 0 fully saturated rings. The summed E-state index contributed by atoms with van der Waals surface area (Å²) in [5, 5.41) is 2.88. The minimum absolute atomic E-state index is 0.106. The Morgan fingerprint density at radius 2 is 2.05 bits per heavy atom. The van der Waals surface area contributed by atoms with Crippen LogP contribution in [0.25, 0.3) is 0 Å². The highest BCUT2D eigenvalue weighted by Gasteiger charge is 2.02. The second-order valence-electron chi connectivity index (χ2n) is 4.82. The molecule has 0 aliphatic carbocycles. The van der Waals surface area contributed by atoms with Gasteiger partial charge in [0.05, 0.1) is 7.11 Å². The number of carbonyl (C=O) groups is 1. The van der Waals surface area contributed by atoms with Gasteiger partial charge in [0.2, 0.25) is 5.91 Å². The zero-order valence-electron chi connectivity index (χ0n) is 11.8. The first-order valence-electron chi connectivity index (χ1n) is 6.77. The van der Waals surface area contributed by atoms with E-state index in [0.717, 1.165) is 25.0 Å². The van der Waals surface area contributed by atoms with Gasteiger partial charge in [0.15, 0.2) is 0 Å². The Kier molecular flexibility index (Phi) is 6.97. The molecule has 0 saturated heterocycles. The predicted octanol–water partition coefficient (Wildman–Crippen LogP) is 1.87. The summed E-state index contributed by atoms with van der Waals surface area (Å²) < 4.78 is 5.10. The van der Waals surface area contributed by atoms with Crippen molar-refractivity contribution in [2.24, 2.45) is 5.73 Å². The Hall–Kier alpha value is -1.55. The average Bonchev–Trinajstić information content (AvgIpc) is 2.39. The highest BCUT2D eigenvalue weighted by Crippen LogP contribution is 2.13. The van der Waals surface area contributed by atoms with Gasteiger partial charge in [0.1, 0.15) is 5.75 Å². The molecule has 0 aliphatic heterocycles. The molecule has 0 heterocycles. The zero-order chi connectivity index (χ0) is 14.1. The Bertz CT molecular complexity index is 374. The van der Waals surface area contributed by atoms with Crippen LogP contribution in [0.4, 0.5) is 0 Å². The maximum absolute atomic E-state index is 11.5. The van der Waals surface area contributed by atoms with Gasteiger partial charge >= 0.3 is 0 Å². The largest absolute Gasteiger partial charge is 0.497 e. The SMILES string of the molecule is COc1ccc(CCCC(=O)NCCC(C)N)cc1. The standard InChI is InChI=1S/C15H24N2O2/c1-12(16)10-11-17-15(18)5-3-4-13-6-8-14(19-2)9-7-13/h6-9,12H,3-5,10-11,16H2,1-2H3,(H,17,18). The number of benzene rings is 1. The van der Waals surface area contributed by atoms with Crippen molar-refractivity contribution in [1.82, 2.24) is 5.32 Å². The van der Waals surface area contributed by atoms with Gasteiger partial charge in [-0.3, -0.25) is 4.79 Å².